The van der Waals surface area contributed by atoms with Gasteiger partial charge in [0.1, 0.15) is 5.75 Å². The van der Waals surface area contributed by atoms with Crippen molar-refractivity contribution in [2.75, 3.05) is 6.54 Å². The Morgan fingerprint density at radius 2 is 2.15 bits per heavy atom. The summed E-state index contributed by atoms with van der Waals surface area (Å²) in [4.78, 5) is 0. The Morgan fingerprint density at radius 1 is 1.54 bits per heavy atom. The zero-order valence-corrected chi connectivity index (χ0v) is 9.58. The lowest BCUT2D eigenvalue weighted by Gasteiger charge is -2.13. The molecule has 0 saturated heterocycles. The van der Waals surface area contributed by atoms with Crippen molar-refractivity contribution in [2.24, 2.45) is 11.5 Å². The molecule has 0 aromatic heterocycles. The topological polar surface area (TPSA) is 72.3 Å². The molecule has 4 heteroatoms. The van der Waals surface area contributed by atoms with E-state index in [9.17, 15) is 5.11 Å². The van der Waals surface area contributed by atoms with Crippen molar-refractivity contribution in [3.63, 3.8) is 0 Å². The smallest absolute Gasteiger partial charge is 0.133 e. The van der Waals surface area contributed by atoms with Crippen LogP contribution in [-0.4, -0.2) is 11.7 Å². The maximum absolute atomic E-state index is 9.68. The number of hydrogen-bond acceptors (Lipinski definition) is 3. The second-order valence-corrected chi connectivity index (χ2v) is 4.19. The van der Waals surface area contributed by atoms with E-state index in [0.29, 0.717) is 6.54 Å². The quantitative estimate of drug-likeness (QED) is 0.719. The number of halogens is 1. The Hall–Kier alpha value is -0.330. The van der Waals surface area contributed by atoms with E-state index in [-0.39, 0.29) is 11.8 Å². The maximum atomic E-state index is 9.68. The van der Waals surface area contributed by atoms with Crippen molar-refractivity contribution in [1.82, 2.24) is 0 Å². The first-order valence-corrected chi connectivity index (χ1v) is 5.08. The highest BCUT2D eigenvalue weighted by molar-refractivity contribution is 14.1. The summed E-state index contributed by atoms with van der Waals surface area (Å²) in [6.07, 6.45) is 0. The van der Waals surface area contributed by atoms with Gasteiger partial charge in [-0.1, -0.05) is 6.07 Å². The van der Waals surface area contributed by atoms with Crippen molar-refractivity contribution in [1.29, 1.82) is 0 Å². The van der Waals surface area contributed by atoms with E-state index in [1.165, 1.54) is 0 Å². The fraction of sp³-hybridized carbons (Fsp3) is 0.333. The van der Waals surface area contributed by atoms with Crippen LogP contribution < -0.4 is 11.5 Å². The normalized spacial score (nSPS) is 12.9. The first-order chi connectivity index (χ1) is 6.06. The number of nitrogens with two attached hydrogens (primary N) is 2. The average molecular weight is 292 g/mol. The van der Waals surface area contributed by atoms with Crippen LogP contribution in [0.15, 0.2) is 12.1 Å². The van der Waals surface area contributed by atoms with E-state index in [1.807, 2.05) is 19.1 Å². The van der Waals surface area contributed by atoms with Gasteiger partial charge in [0.2, 0.25) is 0 Å². The van der Waals surface area contributed by atoms with Crippen molar-refractivity contribution < 1.29 is 5.11 Å². The van der Waals surface area contributed by atoms with Crippen molar-refractivity contribution in [2.45, 2.75) is 13.0 Å². The fourth-order valence-corrected chi connectivity index (χ4v) is 1.97. The molecule has 0 spiro atoms. The van der Waals surface area contributed by atoms with Gasteiger partial charge in [0.25, 0.3) is 0 Å². The van der Waals surface area contributed by atoms with Crippen LogP contribution in [0.4, 0.5) is 0 Å². The van der Waals surface area contributed by atoms with Gasteiger partial charge in [-0.2, -0.15) is 0 Å². The SMILES string of the molecule is Cc1cc(I)c(O)c([C@H](N)CN)c1. The Balaban J connectivity index is 3.20. The van der Waals surface area contributed by atoms with Crippen LogP contribution in [0.5, 0.6) is 5.75 Å². The Bertz CT molecular complexity index is 315. The molecule has 0 amide bonds. The summed E-state index contributed by atoms with van der Waals surface area (Å²) in [5.41, 5.74) is 13.0. The molecular formula is C9H13IN2O. The fourth-order valence-electron chi connectivity index (χ4n) is 1.17. The van der Waals surface area contributed by atoms with Crippen LogP contribution in [0.1, 0.15) is 17.2 Å². The largest absolute Gasteiger partial charge is 0.506 e. The van der Waals surface area contributed by atoms with Crippen molar-refractivity contribution in [3.05, 3.63) is 26.8 Å². The summed E-state index contributed by atoms with van der Waals surface area (Å²) in [7, 11) is 0. The molecule has 0 unspecified atom stereocenters. The summed E-state index contributed by atoms with van der Waals surface area (Å²) in [5, 5.41) is 9.68. The third kappa shape index (κ3) is 2.32. The van der Waals surface area contributed by atoms with E-state index < -0.39 is 0 Å². The van der Waals surface area contributed by atoms with E-state index in [4.69, 9.17) is 11.5 Å². The zero-order valence-electron chi connectivity index (χ0n) is 7.42. The Kier molecular flexibility index (Phi) is 3.52. The van der Waals surface area contributed by atoms with Gasteiger partial charge in [-0.25, -0.2) is 0 Å². The van der Waals surface area contributed by atoms with E-state index in [0.717, 1.165) is 14.7 Å². The number of aryl methyl sites for hydroxylation is 1. The molecule has 0 saturated carbocycles. The maximum Gasteiger partial charge on any atom is 0.133 e. The number of benzene rings is 1. The molecule has 0 radical (unpaired) electrons. The Morgan fingerprint density at radius 3 is 2.69 bits per heavy atom. The van der Waals surface area contributed by atoms with Crippen molar-refractivity contribution >= 4 is 22.6 Å². The minimum atomic E-state index is -0.284. The van der Waals surface area contributed by atoms with Gasteiger partial charge < -0.3 is 16.6 Å². The minimum Gasteiger partial charge on any atom is -0.506 e. The van der Waals surface area contributed by atoms with Crippen LogP contribution in [0.3, 0.4) is 0 Å². The lowest BCUT2D eigenvalue weighted by Crippen LogP contribution is -2.21. The Labute approximate surface area is 91.3 Å². The third-order valence-electron chi connectivity index (χ3n) is 1.89. The zero-order chi connectivity index (χ0) is 10.0. The molecule has 13 heavy (non-hydrogen) atoms. The summed E-state index contributed by atoms with van der Waals surface area (Å²) < 4.78 is 0.816. The van der Waals surface area contributed by atoms with Crippen LogP contribution in [-0.2, 0) is 0 Å². The number of phenolic OH excluding ortho intramolecular Hbond substituents is 1. The monoisotopic (exact) mass is 292 g/mol. The average Bonchev–Trinajstić information content (AvgIpc) is 2.10. The highest BCUT2D eigenvalue weighted by atomic mass is 127. The summed E-state index contributed by atoms with van der Waals surface area (Å²) in [5.74, 6) is 0.254. The molecule has 0 aliphatic heterocycles. The summed E-state index contributed by atoms with van der Waals surface area (Å²) in [6, 6.07) is 3.49. The van der Waals surface area contributed by atoms with Gasteiger partial charge in [-0.05, 0) is 41.1 Å². The van der Waals surface area contributed by atoms with E-state index >= 15 is 0 Å². The lowest BCUT2D eigenvalue weighted by atomic mass is 10.0. The van der Waals surface area contributed by atoms with E-state index in [2.05, 4.69) is 22.6 Å². The molecule has 0 fully saturated rings. The minimum absolute atomic E-state index is 0.254. The van der Waals surface area contributed by atoms with Gasteiger partial charge in [-0.3, -0.25) is 0 Å². The molecule has 1 aromatic carbocycles. The molecule has 1 aromatic rings. The molecule has 0 heterocycles. The molecule has 1 atom stereocenters. The predicted molar refractivity (Wildman–Crippen MR) is 61.5 cm³/mol. The van der Waals surface area contributed by atoms with Gasteiger partial charge in [0, 0.05) is 18.2 Å². The second kappa shape index (κ2) is 4.26. The van der Waals surface area contributed by atoms with Crippen molar-refractivity contribution in [3.8, 4) is 5.75 Å². The number of phenols is 1. The highest BCUT2D eigenvalue weighted by Crippen LogP contribution is 2.29. The van der Waals surface area contributed by atoms with Gasteiger partial charge in [-0.15, -0.1) is 0 Å². The standard InChI is InChI=1S/C9H13IN2O/c1-5-2-6(8(12)4-11)9(13)7(10)3-5/h2-3,8,13H,4,11-12H2,1H3/t8-/m1/s1. The molecule has 0 aliphatic rings. The number of hydrogen-bond donors (Lipinski definition) is 3. The molecule has 72 valence electrons. The molecule has 1 rings (SSSR count). The van der Waals surface area contributed by atoms with Gasteiger partial charge in [0.05, 0.1) is 3.57 Å². The van der Waals surface area contributed by atoms with Gasteiger partial charge >= 0.3 is 0 Å². The lowest BCUT2D eigenvalue weighted by molar-refractivity contribution is 0.458. The molecule has 3 nitrogen and oxygen atoms in total. The van der Waals surface area contributed by atoms with Crippen LogP contribution in [0.25, 0.3) is 0 Å². The van der Waals surface area contributed by atoms with Crippen LogP contribution in [0, 0.1) is 10.5 Å². The molecule has 0 bridgehead atoms. The second-order valence-electron chi connectivity index (χ2n) is 3.03. The van der Waals surface area contributed by atoms with Gasteiger partial charge in [0.15, 0.2) is 0 Å². The van der Waals surface area contributed by atoms with Crippen LogP contribution >= 0.6 is 22.6 Å². The third-order valence-corrected chi connectivity index (χ3v) is 2.71. The van der Waals surface area contributed by atoms with Crippen LogP contribution in [0.2, 0.25) is 0 Å². The highest BCUT2D eigenvalue weighted by Gasteiger charge is 2.12. The van der Waals surface area contributed by atoms with E-state index in [1.54, 1.807) is 0 Å². The predicted octanol–water partition coefficient (Wildman–Crippen LogP) is 1.26. The number of rotatable bonds is 2. The first-order valence-electron chi connectivity index (χ1n) is 4.01. The number of aromatic hydroxyl groups is 1. The summed E-state index contributed by atoms with van der Waals surface area (Å²) >= 11 is 2.08. The molecule has 5 N–H and O–H groups in total. The molecular weight excluding hydrogens is 279 g/mol. The first kappa shape index (κ1) is 10.7. The summed E-state index contributed by atoms with van der Waals surface area (Å²) in [6.45, 7) is 2.31. The molecule has 0 aliphatic carbocycles.